The first kappa shape index (κ1) is 21.4. The van der Waals surface area contributed by atoms with Crippen LogP contribution in [0.3, 0.4) is 0 Å². The third-order valence-corrected chi connectivity index (χ3v) is 6.55. The summed E-state index contributed by atoms with van der Waals surface area (Å²) < 4.78 is 1.76. The highest BCUT2D eigenvalue weighted by Gasteiger charge is 2.21. The molecule has 35 heavy (non-hydrogen) atoms. The van der Waals surface area contributed by atoms with Gasteiger partial charge in [0.2, 0.25) is 5.95 Å². The van der Waals surface area contributed by atoms with Crippen molar-refractivity contribution in [1.82, 2.24) is 39.9 Å². The Morgan fingerprint density at radius 1 is 1.11 bits per heavy atom. The number of nitrogens with one attached hydrogen (secondary N) is 1. The van der Waals surface area contributed by atoms with Gasteiger partial charge in [-0.1, -0.05) is 12.1 Å². The highest BCUT2D eigenvalue weighted by Crippen LogP contribution is 2.26. The number of aromatic nitrogens is 7. The lowest BCUT2D eigenvalue weighted by Crippen LogP contribution is -2.50. The van der Waals surface area contributed by atoms with Gasteiger partial charge >= 0.3 is 0 Å². The van der Waals surface area contributed by atoms with Crippen LogP contribution in [-0.4, -0.2) is 60.2 Å². The number of aryl methyl sites for hydroxylation is 1. The fraction of sp³-hybridized carbons (Fsp3) is 0.280. The molecule has 1 saturated heterocycles. The second-order valence-electron chi connectivity index (χ2n) is 9.00. The largest absolute Gasteiger partial charge is 0.382 e. The summed E-state index contributed by atoms with van der Waals surface area (Å²) in [7, 11) is 0. The number of nitrogens with zero attached hydrogens (tertiary/aromatic N) is 8. The fourth-order valence-electron chi connectivity index (χ4n) is 4.57. The van der Waals surface area contributed by atoms with Gasteiger partial charge in [0.1, 0.15) is 17.4 Å². The summed E-state index contributed by atoms with van der Waals surface area (Å²) >= 11 is 0. The van der Waals surface area contributed by atoms with Crippen molar-refractivity contribution in [3.05, 3.63) is 65.7 Å². The summed E-state index contributed by atoms with van der Waals surface area (Å²) in [6.45, 7) is 6.91. The molecule has 0 unspecified atom stereocenters. The molecule has 5 heterocycles. The standard InChI is InChI=1S/C25H26N10/c1-15-9-19(4-3-18(15)10-17-5-7-35-21(11-17)29-14-30-35)24-31-20-13-28-25(32-22(20)23(26)33-24)34-8-6-27-12-16(34)2/h3-5,7,9,11,13-14,16,27H,6,8,10,12H2,1-2H3,(H2,26,31,33)/t16-/m0/s1. The molecule has 5 aromatic rings. The van der Waals surface area contributed by atoms with Crippen molar-refractivity contribution in [2.75, 3.05) is 30.3 Å². The summed E-state index contributed by atoms with van der Waals surface area (Å²) in [5.74, 6) is 1.60. The zero-order chi connectivity index (χ0) is 23.9. The zero-order valence-corrected chi connectivity index (χ0v) is 19.7. The Morgan fingerprint density at radius 3 is 2.89 bits per heavy atom. The first-order chi connectivity index (χ1) is 17.0. The molecule has 1 atom stereocenters. The molecule has 0 aliphatic carbocycles. The lowest BCUT2D eigenvalue weighted by molar-refractivity contribution is 0.493. The van der Waals surface area contributed by atoms with Crippen LogP contribution >= 0.6 is 0 Å². The molecule has 10 heteroatoms. The van der Waals surface area contributed by atoms with Crippen LogP contribution in [0.2, 0.25) is 0 Å². The molecule has 1 aromatic carbocycles. The number of hydrogen-bond acceptors (Lipinski definition) is 9. The van der Waals surface area contributed by atoms with Crippen molar-refractivity contribution in [1.29, 1.82) is 0 Å². The van der Waals surface area contributed by atoms with Crippen molar-refractivity contribution in [3.63, 3.8) is 0 Å². The van der Waals surface area contributed by atoms with Crippen molar-refractivity contribution in [2.24, 2.45) is 0 Å². The minimum Gasteiger partial charge on any atom is -0.382 e. The SMILES string of the molecule is Cc1cc(-c2nc(N)c3nc(N4CCNC[C@@H]4C)ncc3n2)ccc1Cc1ccn2ncnc2c1. The lowest BCUT2D eigenvalue weighted by Gasteiger charge is -2.33. The van der Waals surface area contributed by atoms with Gasteiger partial charge < -0.3 is 16.0 Å². The van der Waals surface area contributed by atoms with Gasteiger partial charge in [-0.15, -0.1) is 0 Å². The molecule has 0 amide bonds. The van der Waals surface area contributed by atoms with Crippen LogP contribution in [-0.2, 0) is 6.42 Å². The first-order valence-corrected chi connectivity index (χ1v) is 11.7. The van der Waals surface area contributed by atoms with E-state index < -0.39 is 0 Å². The van der Waals surface area contributed by atoms with Gasteiger partial charge in [0.25, 0.3) is 0 Å². The number of nitrogen functional groups attached to an aromatic ring is 1. The molecule has 0 saturated carbocycles. The van der Waals surface area contributed by atoms with Gasteiger partial charge in [-0.2, -0.15) is 5.10 Å². The van der Waals surface area contributed by atoms with Gasteiger partial charge in [-0.3, -0.25) is 0 Å². The van der Waals surface area contributed by atoms with Gasteiger partial charge in [0, 0.05) is 37.4 Å². The molecule has 1 aliphatic rings. The maximum atomic E-state index is 6.35. The number of benzene rings is 1. The zero-order valence-electron chi connectivity index (χ0n) is 19.7. The Labute approximate surface area is 202 Å². The molecule has 0 radical (unpaired) electrons. The number of piperazine rings is 1. The van der Waals surface area contributed by atoms with Crippen LogP contribution in [0, 0.1) is 6.92 Å². The normalized spacial score (nSPS) is 16.3. The summed E-state index contributed by atoms with van der Waals surface area (Å²) in [6.07, 6.45) is 6.04. The van der Waals surface area contributed by atoms with Gasteiger partial charge in [-0.05, 0) is 55.2 Å². The maximum Gasteiger partial charge on any atom is 0.226 e. The molecule has 3 N–H and O–H groups in total. The lowest BCUT2D eigenvalue weighted by atomic mass is 9.99. The second-order valence-corrected chi connectivity index (χ2v) is 9.00. The molecule has 0 spiro atoms. The van der Waals surface area contributed by atoms with Crippen LogP contribution in [0.25, 0.3) is 28.1 Å². The summed E-state index contributed by atoms with van der Waals surface area (Å²) in [4.78, 5) is 25.1. The number of hydrogen-bond donors (Lipinski definition) is 2. The molecule has 10 nitrogen and oxygen atoms in total. The number of rotatable bonds is 4. The number of nitrogens with two attached hydrogens (primary N) is 1. The fourth-order valence-corrected chi connectivity index (χ4v) is 4.57. The summed E-state index contributed by atoms with van der Waals surface area (Å²) in [5.41, 5.74) is 12.9. The van der Waals surface area contributed by atoms with Crippen LogP contribution in [0.1, 0.15) is 23.6 Å². The molecular formula is C25H26N10. The molecule has 176 valence electrons. The van der Waals surface area contributed by atoms with E-state index in [4.69, 9.17) is 15.7 Å². The average Bonchev–Trinajstić information content (AvgIpc) is 3.33. The highest BCUT2D eigenvalue weighted by molar-refractivity contribution is 5.86. The van der Waals surface area contributed by atoms with Crippen LogP contribution in [0.4, 0.5) is 11.8 Å². The molecule has 1 aliphatic heterocycles. The highest BCUT2D eigenvalue weighted by atomic mass is 15.3. The van der Waals surface area contributed by atoms with Crippen LogP contribution < -0.4 is 16.0 Å². The summed E-state index contributed by atoms with van der Waals surface area (Å²) in [6, 6.07) is 10.7. The molecule has 0 bridgehead atoms. The predicted molar refractivity (Wildman–Crippen MR) is 135 cm³/mol. The van der Waals surface area contributed by atoms with Crippen LogP contribution in [0.5, 0.6) is 0 Å². The molecule has 6 rings (SSSR count). The third kappa shape index (κ3) is 4.01. The second kappa shape index (κ2) is 8.55. The Hall–Kier alpha value is -4.18. The Bertz CT molecular complexity index is 1540. The Balaban J connectivity index is 1.29. The number of pyridine rings is 1. The van der Waals surface area contributed by atoms with E-state index in [1.54, 1.807) is 17.0 Å². The van der Waals surface area contributed by atoms with Crippen molar-refractivity contribution in [2.45, 2.75) is 26.3 Å². The topological polar surface area (TPSA) is 123 Å². The van der Waals surface area contributed by atoms with E-state index >= 15 is 0 Å². The van der Waals surface area contributed by atoms with E-state index in [0.717, 1.165) is 42.8 Å². The van der Waals surface area contributed by atoms with E-state index in [9.17, 15) is 0 Å². The molecular weight excluding hydrogens is 440 g/mol. The van der Waals surface area contributed by atoms with Crippen molar-refractivity contribution >= 4 is 28.4 Å². The monoisotopic (exact) mass is 466 g/mol. The minimum atomic E-state index is 0.308. The number of fused-ring (bicyclic) bond motifs is 2. The van der Waals surface area contributed by atoms with E-state index in [1.807, 2.05) is 12.3 Å². The average molecular weight is 467 g/mol. The van der Waals surface area contributed by atoms with E-state index in [0.29, 0.717) is 34.7 Å². The Kier molecular flexibility index (Phi) is 5.22. The van der Waals surface area contributed by atoms with E-state index in [2.05, 4.69) is 68.4 Å². The quantitative estimate of drug-likeness (QED) is 0.411. The van der Waals surface area contributed by atoms with Gasteiger partial charge in [0.05, 0.1) is 6.20 Å². The van der Waals surface area contributed by atoms with Crippen molar-refractivity contribution in [3.8, 4) is 11.4 Å². The number of anilines is 2. The maximum absolute atomic E-state index is 6.35. The smallest absolute Gasteiger partial charge is 0.226 e. The molecule has 1 fully saturated rings. The third-order valence-electron chi connectivity index (χ3n) is 6.55. The van der Waals surface area contributed by atoms with E-state index in [1.165, 1.54) is 11.1 Å². The first-order valence-electron chi connectivity index (χ1n) is 11.7. The summed E-state index contributed by atoms with van der Waals surface area (Å²) in [5, 5.41) is 7.54. The van der Waals surface area contributed by atoms with Gasteiger partial charge in [0.15, 0.2) is 17.3 Å². The van der Waals surface area contributed by atoms with Gasteiger partial charge in [-0.25, -0.2) is 29.4 Å². The van der Waals surface area contributed by atoms with Crippen LogP contribution in [0.15, 0.2) is 49.1 Å². The predicted octanol–water partition coefficient (Wildman–Crippen LogP) is 2.41. The molecule has 4 aromatic heterocycles. The van der Waals surface area contributed by atoms with Crippen molar-refractivity contribution < 1.29 is 0 Å². The Morgan fingerprint density at radius 2 is 2.03 bits per heavy atom. The minimum absolute atomic E-state index is 0.308. The van der Waals surface area contributed by atoms with E-state index in [-0.39, 0.29) is 0 Å².